The first kappa shape index (κ1) is 7.10. The number of ether oxygens (including phenoxy) is 1. The number of carbonyl (C=O) groups excluding carboxylic acids is 1. The molecule has 0 radical (unpaired) electrons. The lowest BCUT2D eigenvalue weighted by Crippen LogP contribution is -2.58. The van der Waals surface area contributed by atoms with Crippen molar-refractivity contribution in [3.63, 3.8) is 0 Å². The van der Waals surface area contributed by atoms with Crippen molar-refractivity contribution in [2.45, 2.75) is 13.3 Å². The van der Waals surface area contributed by atoms with Crippen LogP contribution >= 0.6 is 0 Å². The number of likely N-dealkylation sites (tertiary alicyclic amines) is 1. The van der Waals surface area contributed by atoms with Gasteiger partial charge in [0.25, 0.3) is 0 Å². The lowest BCUT2D eigenvalue weighted by atomic mass is 9.79. The Morgan fingerprint density at radius 3 is 2.73 bits per heavy atom. The van der Waals surface area contributed by atoms with Crippen molar-refractivity contribution in [3.05, 3.63) is 0 Å². The lowest BCUT2D eigenvalue weighted by Gasteiger charge is -2.46. The SMILES string of the molecule is CC(=O)N1CC2(CCOC2)C1. The second-order valence-corrected chi connectivity index (χ2v) is 3.68. The molecule has 3 nitrogen and oxygen atoms in total. The van der Waals surface area contributed by atoms with Crippen LogP contribution in [0, 0.1) is 5.41 Å². The van der Waals surface area contributed by atoms with E-state index in [-0.39, 0.29) is 5.91 Å². The van der Waals surface area contributed by atoms with Crippen LogP contribution in [-0.2, 0) is 9.53 Å². The molecule has 2 heterocycles. The van der Waals surface area contributed by atoms with E-state index in [1.807, 2.05) is 4.90 Å². The first-order chi connectivity index (χ1) is 5.22. The molecule has 2 rings (SSSR count). The van der Waals surface area contributed by atoms with E-state index in [1.165, 1.54) is 0 Å². The van der Waals surface area contributed by atoms with Crippen LogP contribution < -0.4 is 0 Å². The van der Waals surface area contributed by atoms with Gasteiger partial charge in [-0.3, -0.25) is 4.79 Å². The summed E-state index contributed by atoms with van der Waals surface area (Å²) in [6.07, 6.45) is 1.14. The summed E-state index contributed by atoms with van der Waals surface area (Å²) in [4.78, 5) is 12.7. The molecule has 2 aliphatic rings. The fourth-order valence-corrected chi connectivity index (χ4v) is 1.89. The van der Waals surface area contributed by atoms with Crippen LogP contribution in [0.15, 0.2) is 0 Å². The minimum absolute atomic E-state index is 0.197. The third-order valence-electron chi connectivity index (χ3n) is 2.68. The predicted octanol–water partition coefficient (Wildman–Crippen LogP) is 0.255. The Balaban J connectivity index is 1.91. The van der Waals surface area contributed by atoms with Gasteiger partial charge in [-0.1, -0.05) is 0 Å². The zero-order chi connectivity index (χ0) is 7.90. The van der Waals surface area contributed by atoms with Crippen LogP contribution in [0.25, 0.3) is 0 Å². The van der Waals surface area contributed by atoms with Gasteiger partial charge in [-0.2, -0.15) is 0 Å². The van der Waals surface area contributed by atoms with Crippen LogP contribution in [0.3, 0.4) is 0 Å². The summed E-state index contributed by atoms with van der Waals surface area (Å²) in [5.74, 6) is 0.197. The van der Waals surface area contributed by atoms with E-state index in [9.17, 15) is 4.79 Å². The standard InChI is InChI=1S/C8H13NO2/c1-7(10)9-4-8(5-9)2-3-11-6-8/h2-6H2,1H3. The van der Waals surface area contributed by atoms with Crippen LogP contribution in [0.5, 0.6) is 0 Å². The zero-order valence-electron chi connectivity index (χ0n) is 6.80. The molecule has 0 aliphatic carbocycles. The number of hydrogen-bond donors (Lipinski definition) is 0. The summed E-state index contributed by atoms with van der Waals surface area (Å²) < 4.78 is 5.29. The maximum absolute atomic E-state index is 10.9. The Labute approximate surface area is 66.3 Å². The number of hydrogen-bond acceptors (Lipinski definition) is 2. The van der Waals surface area contributed by atoms with Gasteiger partial charge in [0.05, 0.1) is 6.61 Å². The molecule has 2 fully saturated rings. The van der Waals surface area contributed by atoms with Gasteiger partial charge in [0.1, 0.15) is 0 Å². The number of amides is 1. The van der Waals surface area contributed by atoms with Crippen LogP contribution in [0.4, 0.5) is 0 Å². The predicted molar refractivity (Wildman–Crippen MR) is 40.1 cm³/mol. The third kappa shape index (κ3) is 1.03. The first-order valence-corrected chi connectivity index (χ1v) is 4.05. The highest BCUT2D eigenvalue weighted by Gasteiger charge is 2.46. The van der Waals surface area contributed by atoms with Gasteiger partial charge in [-0.05, 0) is 6.42 Å². The molecule has 0 aromatic heterocycles. The molecule has 62 valence electrons. The average molecular weight is 155 g/mol. The molecule has 2 saturated heterocycles. The molecule has 3 heteroatoms. The van der Waals surface area contributed by atoms with Gasteiger partial charge in [0.2, 0.25) is 5.91 Å². The monoisotopic (exact) mass is 155 g/mol. The van der Waals surface area contributed by atoms with E-state index in [2.05, 4.69) is 0 Å². The average Bonchev–Trinajstić information content (AvgIpc) is 2.29. The maximum atomic E-state index is 10.9. The molecule has 0 bridgehead atoms. The molecule has 1 spiro atoms. The van der Waals surface area contributed by atoms with E-state index >= 15 is 0 Å². The van der Waals surface area contributed by atoms with Crippen molar-refractivity contribution in [2.24, 2.45) is 5.41 Å². The summed E-state index contributed by atoms with van der Waals surface area (Å²) >= 11 is 0. The molecule has 0 saturated carbocycles. The Morgan fingerprint density at radius 2 is 2.27 bits per heavy atom. The smallest absolute Gasteiger partial charge is 0.219 e. The highest BCUT2D eigenvalue weighted by atomic mass is 16.5. The van der Waals surface area contributed by atoms with Crippen molar-refractivity contribution in [1.29, 1.82) is 0 Å². The van der Waals surface area contributed by atoms with Crippen molar-refractivity contribution in [2.75, 3.05) is 26.3 Å². The minimum Gasteiger partial charge on any atom is -0.381 e. The van der Waals surface area contributed by atoms with Gasteiger partial charge >= 0.3 is 0 Å². The largest absolute Gasteiger partial charge is 0.381 e. The highest BCUT2D eigenvalue weighted by Crippen LogP contribution is 2.37. The summed E-state index contributed by atoms with van der Waals surface area (Å²) in [7, 11) is 0. The van der Waals surface area contributed by atoms with E-state index in [4.69, 9.17) is 4.74 Å². The summed E-state index contributed by atoms with van der Waals surface area (Å²) in [6.45, 7) is 5.20. The first-order valence-electron chi connectivity index (χ1n) is 4.05. The second kappa shape index (κ2) is 2.21. The van der Waals surface area contributed by atoms with Gasteiger partial charge in [-0.25, -0.2) is 0 Å². The van der Waals surface area contributed by atoms with Gasteiger partial charge in [-0.15, -0.1) is 0 Å². The van der Waals surface area contributed by atoms with Crippen LogP contribution in [0.2, 0.25) is 0 Å². The molecular formula is C8H13NO2. The quantitative estimate of drug-likeness (QED) is 0.502. The summed E-state index contributed by atoms with van der Waals surface area (Å²) in [5.41, 5.74) is 0.353. The normalized spacial score (nSPS) is 27.2. The van der Waals surface area contributed by atoms with E-state index in [0.717, 1.165) is 32.7 Å². The van der Waals surface area contributed by atoms with Crippen molar-refractivity contribution >= 4 is 5.91 Å². The van der Waals surface area contributed by atoms with Crippen molar-refractivity contribution < 1.29 is 9.53 Å². The summed E-state index contributed by atoms with van der Waals surface area (Å²) in [5, 5.41) is 0. The van der Waals surface area contributed by atoms with Gasteiger partial charge in [0, 0.05) is 32.0 Å². The van der Waals surface area contributed by atoms with E-state index in [1.54, 1.807) is 6.92 Å². The Morgan fingerprint density at radius 1 is 1.55 bits per heavy atom. The maximum Gasteiger partial charge on any atom is 0.219 e. The Hall–Kier alpha value is -0.570. The van der Waals surface area contributed by atoms with Gasteiger partial charge < -0.3 is 9.64 Å². The number of nitrogens with zero attached hydrogens (tertiary/aromatic N) is 1. The van der Waals surface area contributed by atoms with Crippen LogP contribution in [0.1, 0.15) is 13.3 Å². The topological polar surface area (TPSA) is 29.5 Å². The molecular weight excluding hydrogens is 142 g/mol. The molecule has 11 heavy (non-hydrogen) atoms. The number of carbonyl (C=O) groups is 1. The number of rotatable bonds is 0. The summed E-state index contributed by atoms with van der Waals surface area (Å²) in [6, 6.07) is 0. The highest BCUT2D eigenvalue weighted by molar-refractivity contribution is 5.74. The molecule has 0 aromatic carbocycles. The molecule has 0 N–H and O–H groups in total. The van der Waals surface area contributed by atoms with Crippen molar-refractivity contribution in [1.82, 2.24) is 4.90 Å². The Bertz CT molecular complexity index is 177. The van der Waals surface area contributed by atoms with Crippen molar-refractivity contribution in [3.8, 4) is 0 Å². The molecule has 0 unspecified atom stereocenters. The molecule has 2 aliphatic heterocycles. The molecule has 0 aromatic rings. The second-order valence-electron chi connectivity index (χ2n) is 3.68. The van der Waals surface area contributed by atoms with E-state index in [0.29, 0.717) is 5.41 Å². The van der Waals surface area contributed by atoms with Crippen LogP contribution in [-0.4, -0.2) is 37.1 Å². The minimum atomic E-state index is 0.197. The molecule has 1 amide bonds. The lowest BCUT2D eigenvalue weighted by molar-refractivity contribution is -0.140. The fourth-order valence-electron chi connectivity index (χ4n) is 1.89. The molecule has 0 atom stereocenters. The third-order valence-corrected chi connectivity index (χ3v) is 2.68. The van der Waals surface area contributed by atoms with E-state index < -0.39 is 0 Å². The van der Waals surface area contributed by atoms with Gasteiger partial charge in [0.15, 0.2) is 0 Å². The Kier molecular flexibility index (Phi) is 1.42. The fraction of sp³-hybridized carbons (Fsp3) is 0.875. The zero-order valence-corrected chi connectivity index (χ0v) is 6.80.